The van der Waals surface area contributed by atoms with E-state index in [-0.39, 0.29) is 5.75 Å². The Hall–Kier alpha value is -1.97. The molecule has 3 N–H and O–H groups in total. The van der Waals surface area contributed by atoms with Gasteiger partial charge in [-0.25, -0.2) is 4.98 Å². The molecular weight excluding hydrogens is 178 g/mol. The van der Waals surface area contributed by atoms with Gasteiger partial charge >= 0.3 is 0 Å². The number of nitrogen functional groups attached to an aromatic ring is 1. The second kappa shape index (κ2) is 3.06. The third kappa shape index (κ3) is 1.31. The Labute approximate surface area is 81.6 Å². The van der Waals surface area contributed by atoms with Crippen LogP contribution in [-0.2, 0) is 0 Å². The molecule has 0 aliphatic rings. The highest BCUT2D eigenvalue weighted by molar-refractivity contribution is 5.55. The Morgan fingerprint density at radius 3 is 2.79 bits per heavy atom. The van der Waals surface area contributed by atoms with Crippen molar-refractivity contribution in [2.45, 2.75) is 6.92 Å². The van der Waals surface area contributed by atoms with Gasteiger partial charge in [-0.1, -0.05) is 0 Å². The zero-order chi connectivity index (χ0) is 10.1. The van der Waals surface area contributed by atoms with E-state index in [2.05, 4.69) is 4.98 Å². The van der Waals surface area contributed by atoms with Crippen molar-refractivity contribution in [2.24, 2.45) is 0 Å². The van der Waals surface area contributed by atoms with Gasteiger partial charge < -0.3 is 15.4 Å². The van der Waals surface area contributed by atoms with Gasteiger partial charge in [0.2, 0.25) is 0 Å². The number of phenolic OH excluding ortho intramolecular Hbond substituents is 1. The average Bonchev–Trinajstić information content (AvgIpc) is 2.52. The molecule has 1 aromatic heterocycles. The minimum absolute atomic E-state index is 0.158. The Balaban J connectivity index is 2.58. The molecule has 4 nitrogen and oxygen atoms in total. The van der Waals surface area contributed by atoms with Crippen molar-refractivity contribution in [3.63, 3.8) is 0 Å². The number of nitrogens with zero attached hydrogens (tertiary/aromatic N) is 2. The molecule has 0 fully saturated rings. The fourth-order valence-electron chi connectivity index (χ4n) is 1.38. The average molecular weight is 189 g/mol. The van der Waals surface area contributed by atoms with Crippen LogP contribution in [0.3, 0.4) is 0 Å². The Morgan fingerprint density at radius 1 is 1.43 bits per heavy atom. The number of aromatic nitrogens is 2. The summed E-state index contributed by atoms with van der Waals surface area (Å²) in [5, 5.41) is 9.66. The first kappa shape index (κ1) is 8.62. The molecule has 0 bridgehead atoms. The third-order valence-corrected chi connectivity index (χ3v) is 2.08. The van der Waals surface area contributed by atoms with Crippen LogP contribution >= 0.6 is 0 Å². The van der Waals surface area contributed by atoms with E-state index in [9.17, 15) is 5.11 Å². The molecule has 0 spiro atoms. The van der Waals surface area contributed by atoms with Crippen molar-refractivity contribution < 1.29 is 5.11 Å². The predicted molar refractivity (Wildman–Crippen MR) is 54.4 cm³/mol. The monoisotopic (exact) mass is 189 g/mol. The van der Waals surface area contributed by atoms with Gasteiger partial charge in [-0.15, -0.1) is 0 Å². The number of hydrogen-bond donors (Lipinski definition) is 2. The molecule has 4 heteroatoms. The van der Waals surface area contributed by atoms with Gasteiger partial charge in [0, 0.05) is 24.1 Å². The van der Waals surface area contributed by atoms with Gasteiger partial charge in [-0.2, -0.15) is 0 Å². The fraction of sp³-hybridized carbons (Fsp3) is 0.100. The van der Waals surface area contributed by atoms with Crippen molar-refractivity contribution in [3.05, 3.63) is 36.4 Å². The summed E-state index contributed by atoms with van der Waals surface area (Å²) in [7, 11) is 0. The molecule has 0 radical (unpaired) electrons. The second-order valence-electron chi connectivity index (χ2n) is 3.09. The number of aromatic hydroxyl groups is 1. The summed E-state index contributed by atoms with van der Waals surface area (Å²) >= 11 is 0. The summed E-state index contributed by atoms with van der Waals surface area (Å²) in [6.45, 7) is 1.87. The molecular formula is C10H11N3O. The zero-order valence-corrected chi connectivity index (χ0v) is 7.81. The lowest BCUT2D eigenvalue weighted by Gasteiger charge is -2.07. The van der Waals surface area contributed by atoms with Crippen LogP contribution in [0.1, 0.15) is 5.82 Å². The SMILES string of the molecule is Cc1nccn1-c1ccc(N)cc1O. The van der Waals surface area contributed by atoms with E-state index in [4.69, 9.17) is 5.73 Å². The molecule has 14 heavy (non-hydrogen) atoms. The lowest BCUT2D eigenvalue weighted by atomic mass is 10.2. The van der Waals surface area contributed by atoms with E-state index in [1.165, 1.54) is 6.07 Å². The maximum absolute atomic E-state index is 9.66. The molecule has 0 amide bonds. The molecule has 2 aromatic rings. The third-order valence-electron chi connectivity index (χ3n) is 2.08. The minimum Gasteiger partial charge on any atom is -0.506 e. The Kier molecular flexibility index (Phi) is 1.89. The standard InChI is InChI=1S/C10H11N3O/c1-7-12-4-5-13(7)9-3-2-8(11)6-10(9)14/h2-6,14H,11H2,1H3. The first-order valence-electron chi connectivity index (χ1n) is 4.27. The Morgan fingerprint density at radius 2 is 2.21 bits per heavy atom. The van der Waals surface area contributed by atoms with E-state index >= 15 is 0 Å². The first-order valence-corrected chi connectivity index (χ1v) is 4.27. The summed E-state index contributed by atoms with van der Waals surface area (Å²) in [5.74, 6) is 0.983. The normalized spacial score (nSPS) is 10.4. The zero-order valence-electron chi connectivity index (χ0n) is 7.81. The van der Waals surface area contributed by atoms with Crippen LogP contribution in [0.5, 0.6) is 5.75 Å². The molecule has 0 unspecified atom stereocenters. The van der Waals surface area contributed by atoms with Crippen molar-refractivity contribution in [1.29, 1.82) is 0 Å². The molecule has 0 atom stereocenters. The van der Waals surface area contributed by atoms with Gasteiger partial charge in [-0.3, -0.25) is 0 Å². The lowest BCUT2D eigenvalue weighted by Crippen LogP contribution is -1.96. The van der Waals surface area contributed by atoms with Gasteiger partial charge in [0.1, 0.15) is 11.6 Å². The smallest absolute Gasteiger partial charge is 0.141 e. The molecule has 72 valence electrons. The topological polar surface area (TPSA) is 64.1 Å². The van der Waals surface area contributed by atoms with E-state index < -0.39 is 0 Å². The number of rotatable bonds is 1. The molecule has 0 saturated heterocycles. The summed E-state index contributed by atoms with van der Waals surface area (Å²) in [6.07, 6.45) is 3.48. The van der Waals surface area contributed by atoms with Crippen LogP contribution < -0.4 is 5.73 Å². The van der Waals surface area contributed by atoms with Gasteiger partial charge in [-0.05, 0) is 19.1 Å². The number of nitrogens with two attached hydrogens (primary N) is 1. The number of imidazole rings is 1. The highest BCUT2D eigenvalue weighted by Gasteiger charge is 2.05. The molecule has 0 aliphatic carbocycles. The summed E-state index contributed by atoms with van der Waals surface area (Å²) < 4.78 is 1.80. The number of aryl methyl sites for hydroxylation is 1. The van der Waals surface area contributed by atoms with Crippen LogP contribution in [0.2, 0.25) is 0 Å². The van der Waals surface area contributed by atoms with Crippen LogP contribution in [0.15, 0.2) is 30.6 Å². The van der Waals surface area contributed by atoms with Crippen LogP contribution in [-0.4, -0.2) is 14.7 Å². The summed E-state index contributed by atoms with van der Waals surface area (Å²) in [5.41, 5.74) is 6.77. The summed E-state index contributed by atoms with van der Waals surface area (Å²) in [4.78, 5) is 4.08. The number of hydrogen-bond acceptors (Lipinski definition) is 3. The molecule has 2 rings (SSSR count). The number of benzene rings is 1. The van der Waals surface area contributed by atoms with E-state index in [1.807, 2.05) is 6.92 Å². The highest BCUT2D eigenvalue weighted by atomic mass is 16.3. The van der Waals surface area contributed by atoms with Crippen molar-refractivity contribution >= 4 is 5.69 Å². The van der Waals surface area contributed by atoms with Crippen LogP contribution in [0, 0.1) is 6.92 Å². The molecule has 0 aliphatic heterocycles. The van der Waals surface area contributed by atoms with Gasteiger partial charge in [0.05, 0.1) is 5.69 Å². The van der Waals surface area contributed by atoms with Gasteiger partial charge in [0.15, 0.2) is 0 Å². The van der Waals surface area contributed by atoms with Crippen molar-refractivity contribution in [1.82, 2.24) is 9.55 Å². The maximum atomic E-state index is 9.66. The van der Waals surface area contributed by atoms with Gasteiger partial charge in [0.25, 0.3) is 0 Å². The molecule has 1 heterocycles. The first-order chi connectivity index (χ1) is 6.68. The lowest BCUT2D eigenvalue weighted by molar-refractivity contribution is 0.472. The largest absolute Gasteiger partial charge is 0.506 e. The maximum Gasteiger partial charge on any atom is 0.141 e. The van der Waals surface area contributed by atoms with Crippen LogP contribution in [0.4, 0.5) is 5.69 Å². The van der Waals surface area contributed by atoms with Crippen molar-refractivity contribution in [2.75, 3.05) is 5.73 Å². The molecule has 1 aromatic carbocycles. The number of anilines is 1. The quantitative estimate of drug-likeness (QED) is 0.667. The van der Waals surface area contributed by atoms with E-state index in [0.717, 1.165) is 5.82 Å². The molecule has 0 saturated carbocycles. The van der Waals surface area contributed by atoms with Crippen LogP contribution in [0.25, 0.3) is 5.69 Å². The van der Waals surface area contributed by atoms with Crippen molar-refractivity contribution in [3.8, 4) is 11.4 Å². The predicted octanol–water partition coefficient (Wildman–Crippen LogP) is 1.47. The number of phenols is 1. The fourth-order valence-corrected chi connectivity index (χ4v) is 1.38. The van der Waals surface area contributed by atoms with E-state index in [1.54, 1.807) is 29.1 Å². The minimum atomic E-state index is 0.158. The highest BCUT2D eigenvalue weighted by Crippen LogP contribution is 2.24. The summed E-state index contributed by atoms with van der Waals surface area (Å²) in [6, 6.07) is 5.03. The second-order valence-corrected chi connectivity index (χ2v) is 3.09. The Bertz CT molecular complexity index is 462. The van der Waals surface area contributed by atoms with E-state index in [0.29, 0.717) is 11.4 Å².